The summed E-state index contributed by atoms with van der Waals surface area (Å²) in [5, 5.41) is 9.15. The molecular formula is C9H6BrClO. The Balaban J connectivity index is 2.97. The predicted molar refractivity (Wildman–Crippen MR) is 53.4 cm³/mol. The summed E-state index contributed by atoms with van der Waals surface area (Å²) >= 11 is 8.57. The van der Waals surface area contributed by atoms with Gasteiger partial charge in [-0.3, -0.25) is 0 Å². The van der Waals surface area contributed by atoms with Crippen LogP contribution in [0, 0.1) is 11.8 Å². The molecule has 3 heteroatoms. The average molecular weight is 246 g/mol. The van der Waals surface area contributed by atoms with E-state index in [0.717, 1.165) is 5.56 Å². The minimum absolute atomic E-state index is 0.214. The molecule has 62 valence electrons. The number of halogens is 2. The molecule has 0 aliphatic rings. The molecule has 0 saturated carbocycles. The first kappa shape index (κ1) is 9.44. The van der Waals surface area contributed by atoms with E-state index in [4.69, 9.17) is 16.7 Å². The monoisotopic (exact) mass is 244 g/mol. The summed E-state index contributed by atoms with van der Waals surface area (Å²) in [5.74, 6) is 6.10. The maximum atomic E-state index is 9.15. The number of phenolic OH excluding ortho intramolecular Hbond substituents is 1. The Labute approximate surface area is 84.5 Å². The van der Waals surface area contributed by atoms with Gasteiger partial charge in [0, 0.05) is 5.56 Å². The Bertz CT molecular complexity index is 338. The fourth-order valence-electron chi connectivity index (χ4n) is 0.720. The summed E-state index contributed by atoms with van der Waals surface area (Å²) < 4.78 is 0.642. The van der Waals surface area contributed by atoms with Crippen molar-refractivity contribution in [3.8, 4) is 17.6 Å². The van der Waals surface area contributed by atoms with Crippen LogP contribution in [0.25, 0.3) is 0 Å². The number of rotatable bonds is 0. The predicted octanol–water partition coefficient (Wildman–Crippen LogP) is 2.75. The number of hydrogen-bond donors (Lipinski definition) is 1. The third-order valence-corrected chi connectivity index (χ3v) is 2.02. The van der Waals surface area contributed by atoms with Gasteiger partial charge in [-0.05, 0) is 34.1 Å². The lowest BCUT2D eigenvalue weighted by Crippen LogP contribution is -1.75. The van der Waals surface area contributed by atoms with Crippen LogP contribution in [0.5, 0.6) is 5.75 Å². The highest BCUT2D eigenvalue weighted by atomic mass is 79.9. The number of phenols is 1. The smallest absolute Gasteiger partial charge is 0.129 e. The van der Waals surface area contributed by atoms with Gasteiger partial charge in [-0.25, -0.2) is 0 Å². The lowest BCUT2D eigenvalue weighted by Gasteiger charge is -1.95. The minimum atomic E-state index is 0.214. The van der Waals surface area contributed by atoms with E-state index in [1.54, 1.807) is 18.2 Å². The SMILES string of the molecule is Oc1ccc(C#CCCl)cc1Br. The molecule has 0 unspecified atom stereocenters. The zero-order valence-electron chi connectivity index (χ0n) is 6.14. The fourth-order valence-corrected chi connectivity index (χ4v) is 1.17. The highest BCUT2D eigenvalue weighted by Crippen LogP contribution is 2.23. The lowest BCUT2D eigenvalue weighted by atomic mass is 10.2. The van der Waals surface area contributed by atoms with Crippen molar-refractivity contribution in [1.29, 1.82) is 0 Å². The molecule has 0 bridgehead atoms. The molecule has 1 N–H and O–H groups in total. The van der Waals surface area contributed by atoms with Gasteiger partial charge in [-0.2, -0.15) is 0 Å². The molecule has 1 nitrogen and oxygen atoms in total. The molecule has 0 aliphatic heterocycles. The summed E-state index contributed by atoms with van der Waals surface area (Å²) in [4.78, 5) is 0. The van der Waals surface area contributed by atoms with Crippen LogP contribution in [-0.2, 0) is 0 Å². The molecule has 0 aromatic heterocycles. The molecule has 0 fully saturated rings. The second-order valence-corrected chi connectivity index (χ2v) is 3.22. The quantitative estimate of drug-likeness (QED) is 0.550. The van der Waals surface area contributed by atoms with E-state index in [0.29, 0.717) is 10.4 Å². The average Bonchev–Trinajstić information content (AvgIpc) is 2.07. The highest BCUT2D eigenvalue weighted by Gasteiger charge is 1.95. The number of aromatic hydroxyl groups is 1. The standard InChI is InChI=1S/C9H6BrClO/c10-8-6-7(2-1-5-11)3-4-9(8)12/h3-4,6,12H,5H2. The molecular weight excluding hydrogens is 239 g/mol. The van der Waals surface area contributed by atoms with E-state index >= 15 is 0 Å². The highest BCUT2D eigenvalue weighted by molar-refractivity contribution is 9.10. The largest absolute Gasteiger partial charge is 0.507 e. The summed E-state index contributed by atoms with van der Waals surface area (Å²) in [6.45, 7) is 0. The summed E-state index contributed by atoms with van der Waals surface area (Å²) in [7, 11) is 0. The van der Waals surface area contributed by atoms with Crippen molar-refractivity contribution in [3.63, 3.8) is 0 Å². The van der Waals surface area contributed by atoms with Gasteiger partial charge in [0.05, 0.1) is 10.4 Å². The minimum Gasteiger partial charge on any atom is -0.507 e. The van der Waals surface area contributed by atoms with Crippen LogP contribution >= 0.6 is 27.5 Å². The van der Waals surface area contributed by atoms with Crippen LogP contribution in [0.4, 0.5) is 0 Å². The van der Waals surface area contributed by atoms with Crippen molar-refractivity contribution in [2.24, 2.45) is 0 Å². The van der Waals surface area contributed by atoms with Gasteiger partial charge in [0.15, 0.2) is 0 Å². The molecule has 1 aromatic carbocycles. The normalized spacial score (nSPS) is 8.83. The second-order valence-electron chi connectivity index (χ2n) is 2.10. The van der Waals surface area contributed by atoms with E-state index in [9.17, 15) is 0 Å². The first-order valence-electron chi connectivity index (χ1n) is 3.27. The van der Waals surface area contributed by atoms with E-state index in [-0.39, 0.29) is 5.75 Å². The maximum absolute atomic E-state index is 9.15. The Morgan fingerprint density at radius 1 is 1.50 bits per heavy atom. The van der Waals surface area contributed by atoms with Gasteiger partial charge in [0.1, 0.15) is 5.75 Å². The molecule has 0 aliphatic carbocycles. The second kappa shape index (κ2) is 4.39. The van der Waals surface area contributed by atoms with Gasteiger partial charge in [0.25, 0.3) is 0 Å². The first-order valence-corrected chi connectivity index (χ1v) is 4.60. The summed E-state index contributed by atoms with van der Waals surface area (Å²) in [6, 6.07) is 5.07. The molecule has 0 amide bonds. The Hall–Kier alpha value is -0.650. The van der Waals surface area contributed by atoms with Gasteiger partial charge < -0.3 is 5.11 Å². The Kier molecular flexibility index (Phi) is 3.46. The Morgan fingerprint density at radius 2 is 2.25 bits per heavy atom. The summed E-state index contributed by atoms with van der Waals surface area (Å²) in [6.07, 6.45) is 0. The molecule has 0 heterocycles. The van der Waals surface area contributed by atoms with E-state index in [1.807, 2.05) is 0 Å². The van der Waals surface area contributed by atoms with Gasteiger partial charge in [-0.15, -0.1) is 11.6 Å². The van der Waals surface area contributed by atoms with Gasteiger partial charge in [0.2, 0.25) is 0 Å². The topological polar surface area (TPSA) is 20.2 Å². The maximum Gasteiger partial charge on any atom is 0.129 e. The van der Waals surface area contributed by atoms with Crippen molar-refractivity contribution < 1.29 is 5.11 Å². The van der Waals surface area contributed by atoms with Crippen LogP contribution in [0.15, 0.2) is 22.7 Å². The van der Waals surface area contributed by atoms with E-state index in [2.05, 4.69) is 27.8 Å². The molecule has 0 radical (unpaired) electrons. The van der Waals surface area contributed by atoms with E-state index < -0.39 is 0 Å². The number of hydrogen-bond acceptors (Lipinski definition) is 1. The van der Waals surface area contributed by atoms with Gasteiger partial charge >= 0.3 is 0 Å². The zero-order valence-corrected chi connectivity index (χ0v) is 8.48. The van der Waals surface area contributed by atoms with Crippen molar-refractivity contribution in [2.75, 3.05) is 5.88 Å². The molecule has 0 atom stereocenters. The third-order valence-electron chi connectivity index (χ3n) is 1.25. The van der Waals surface area contributed by atoms with Crippen LogP contribution in [0.1, 0.15) is 5.56 Å². The number of benzene rings is 1. The molecule has 1 aromatic rings. The lowest BCUT2D eigenvalue weighted by molar-refractivity contribution is 0.472. The van der Waals surface area contributed by atoms with Crippen molar-refractivity contribution in [1.82, 2.24) is 0 Å². The number of alkyl halides is 1. The van der Waals surface area contributed by atoms with Crippen molar-refractivity contribution in [3.05, 3.63) is 28.2 Å². The first-order chi connectivity index (χ1) is 5.74. The van der Waals surface area contributed by atoms with E-state index in [1.165, 1.54) is 0 Å². The molecule has 0 spiro atoms. The fraction of sp³-hybridized carbons (Fsp3) is 0.111. The van der Waals surface area contributed by atoms with Crippen LogP contribution < -0.4 is 0 Å². The van der Waals surface area contributed by atoms with Crippen molar-refractivity contribution >= 4 is 27.5 Å². The van der Waals surface area contributed by atoms with Crippen LogP contribution in [0.3, 0.4) is 0 Å². The van der Waals surface area contributed by atoms with Crippen molar-refractivity contribution in [2.45, 2.75) is 0 Å². The molecule has 12 heavy (non-hydrogen) atoms. The van der Waals surface area contributed by atoms with Crippen LogP contribution in [-0.4, -0.2) is 11.0 Å². The van der Waals surface area contributed by atoms with Crippen LogP contribution in [0.2, 0.25) is 0 Å². The molecule has 1 rings (SSSR count). The van der Waals surface area contributed by atoms with Gasteiger partial charge in [-0.1, -0.05) is 11.8 Å². The molecule has 0 saturated heterocycles. The third kappa shape index (κ3) is 2.44. The summed E-state index contributed by atoms with van der Waals surface area (Å²) in [5.41, 5.74) is 0.834. The zero-order chi connectivity index (χ0) is 8.97. The Morgan fingerprint density at radius 3 is 2.83 bits per heavy atom.